The molecular weight excluding hydrogens is 342 g/mol. The lowest BCUT2D eigenvalue weighted by molar-refractivity contribution is 0.0648. The summed E-state index contributed by atoms with van der Waals surface area (Å²) in [5, 5.41) is 0. The summed E-state index contributed by atoms with van der Waals surface area (Å²) in [4.78, 5) is 43.1. The molecule has 3 aromatic rings. The van der Waals surface area contributed by atoms with Crippen LogP contribution in [0.1, 0.15) is 26.5 Å². The Balaban J connectivity index is 1.57. The summed E-state index contributed by atoms with van der Waals surface area (Å²) in [5.41, 5.74) is 2.08. The molecule has 4 rings (SSSR count). The summed E-state index contributed by atoms with van der Waals surface area (Å²) < 4.78 is 1.48. The van der Waals surface area contributed by atoms with Crippen LogP contribution >= 0.6 is 0 Å². The van der Waals surface area contributed by atoms with Gasteiger partial charge in [-0.1, -0.05) is 42.5 Å². The second-order valence-electron chi connectivity index (χ2n) is 6.35. The molecule has 1 aliphatic rings. The fraction of sp³-hybridized carbons (Fsp3) is 0.143. The number of aryl methyl sites for hydroxylation is 1. The van der Waals surface area contributed by atoms with Gasteiger partial charge in [0.15, 0.2) is 0 Å². The van der Waals surface area contributed by atoms with Gasteiger partial charge >= 0.3 is 0 Å². The maximum atomic E-state index is 12.6. The molecule has 6 heteroatoms. The van der Waals surface area contributed by atoms with Crippen LogP contribution in [0, 0.1) is 6.92 Å². The highest BCUT2D eigenvalue weighted by molar-refractivity contribution is 6.21. The first-order valence-corrected chi connectivity index (χ1v) is 8.65. The molecule has 2 heterocycles. The molecular formula is C21H17N3O3. The van der Waals surface area contributed by atoms with Gasteiger partial charge in [-0.2, -0.15) is 0 Å². The Labute approximate surface area is 155 Å². The molecule has 2 aromatic carbocycles. The van der Waals surface area contributed by atoms with Gasteiger partial charge in [-0.3, -0.25) is 23.9 Å². The van der Waals surface area contributed by atoms with Crippen molar-refractivity contribution in [1.29, 1.82) is 0 Å². The van der Waals surface area contributed by atoms with Crippen molar-refractivity contribution in [2.24, 2.45) is 0 Å². The lowest BCUT2D eigenvalue weighted by Gasteiger charge is -2.16. The summed E-state index contributed by atoms with van der Waals surface area (Å²) in [6.07, 6.45) is 0. The van der Waals surface area contributed by atoms with E-state index in [1.165, 1.54) is 15.5 Å². The minimum atomic E-state index is -0.324. The van der Waals surface area contributed by atoms with Crippen molar-refractivity contribution in [1.82, 2.24) is 14.5 Å². The van der Waals surface area contributed by atoms with Crippen molar-refractivity contribution in [3.63, 3.8) is 0 Å². The highest BCUT2D eigenvalue weighted by Crippen LogP contribution is 2.22. The fourth-order valence-corrected chi connectivity index (χ4v) is 3.29. The van der Waals surface area contributed by atoms with Crippen LogP contribution in [-0.2, 0) is 6.54 Å². The lowest BCUT2D eigenvalue weighted by Crippen LogP contribution is -2.35. The van der Waals surface area contributed by atoms with E-state index >= 15 is 0 Å². The molecule has 0 bridgehead atoms. The van der Waals surface area contributed by atoms with Gasteiger partial charge in [0.1, 0.15) is 5.82 Å². The molecule has 0 saturated heterocycles. The van der Waals surface area contributed by atoms with Crippen LogP contribution in [0.3, 0.4) is 0 Å². The Hall–Kier alpha value is -3.54. The van der Waals surface area contributed by atoms with Crippen LogP contribution < -0.4 is 5.56 Å². The number of hydrogen-bond acceptors (Lipinski definition) is 4. The SMILES string of the molecule is Cc1nc(-c2ccccc2)cc(=O)n1CCN1C(=O)c2ccccc2C1=O. The van der Waals surface area contributed by atoms with Crippen molar-refractivity contribution in [3.05, 3.63) is 88.0 Å². The Morgan fingerprint density at radius 3 is 2.00 bits per heavy atom. The van der Waals surface area contributed by atoms with Crippen LogP contribution in [0.2, 0.25) is 0 Å². The van der Waals surface area contributed by atoms with Crippen molar-refractivity contribution < 1.29 is 9.59 Å². The maximum Gasteiger partial charge on any atom is 0.261 e. The highest BCUT2D eigenvalue weighted by Gasteiger charge is 2.34. The van der Waals surface area contributed by atoms with Gasteiger partial charge in [0, 0.05) is 24.7 Å². The van der Waals surface area contributed by atoms with Crippen molar-refractivity contribution >= 4 is 11.8 Å². The van der Waals surface area contributed by atoms with Crippen LogP contribution in [0.15, 0.2) is 65.5 Å². The molecule has 0 atom stereocenters. The Bertz CT molecular complexity index is 1070. The van der Waals surface area contributed by atoms with Gasteiger partial charge in [0.25, 0.3) is 17.4 Å². The first kappa shape index (κ1) is 16.9. The van der Waals surface area contributed by atoms with E-state index in [0.717, 1.165) is 5.56 Å². The molecule has 27 heavy (non-hydrogen) atoms. The van der Waals surface area contributed by atoms with Crippen LogP contribution in [0.4, 0.5) is 0 Å². The predicted molar refractivity (Wildman–Crippen MR) is 100 cm³/mol. The van der Waals surface area contributed by atoms with Crippen LogP contribution in [0.25, 0.3) is 11.3 Å². The molecule has 134 valence electrons. The average molecular weight is 359 g/mol. The van der Waals surface area contributed by atoms with Gasteiger partial charge < -0.3 is 0 Å². The molecule has 2 amide bonds. The quantitative estimate of drug-likeness (QED) is 0.671. The summed E-state index contributed by atoms with van der Waals surface area (Å²) in [6.45, 7) is 2.08. The zero-order chi connectivity index (χ0) is 19.0. The molecule has 0 spiro atoms. The fourth-order valence-electron chi connectivity index (χ4n) is 3.29. The normalized spacial score (nSPS) is 13.1. The minimum Gasteiger partial charge on any atom is -0.295 e. The van der Waals surface area contributed by atoms with Gasteiger partial charge in [-0.15, -0.1) is 0 Å². The standard InChI is InChI=1S/C21H17N3O3/c1-14-22-18(15-7-3-2-4-8-15)13-19(25)23(14)11-12-24-20(26)16-9-5-6-10-17(16)21(24)27/h2-10,13H,11-12H2,1H3. The van der Waals surface area contributed by atoms with E-state index in [4.69, 9.17) is 0 Å². The van der Waals surface area contributed by atoms with E-state index in [-0.39, 0.29) is 30.5 Å². The molecule has 1 aromatic heterocycles. The number of aromatic nitrogens is 2. The summed E-state index contributed by atoms with van der Waals surface area (Å²) in [6, 6.07) is 17.7. The number of carbonyl (C=O) groups excluding carboxylic acids is 2. The van der Waals surface area contributed by atoms with Gasteiger partial charge in [-0.05, 0) is 19.1 Å². The number of imide groups is 1. The number of nitrogens with zero attached hydrogens (tertiary/aromatic N) is 3. The van der Waals surface area contributed by atoms with Crippen molar-refractivity contribution in [3.8, 4) is 11.3 Å². The van der Waals surface area contributed by atoms with E-state index < -0.39 is 0 Å². The van der Waals surface area contributed by atoms with Gasteiger partial charge in [0.05, 0.1) is 16.8 Å². The number of rotatable bonds is 4. The van der Waals surface area contributed by atoms with E-state index in [0.29, 0.717) is 22.6 Å². The maximum absolute atomic E-state index is 12.6. The third-order valence-corrected chi connectivity index (χ3v) is 4.69. The Morgan fingerprint density at radius 2 is 1.41 bits per heavy atom. The van der Waals surface area contributed by atoms with E-state index in [9.17, 15) is 14.4 Å². The Kier molecular flexibility index (Phi) is 4.16. The number of amides is 2. The zero-order valence-corrected chi connectivity index (χ0v) is 14.8. The summed E-state index contributed by atoms with van der Waals surface area (Å²) in [5.74, 6) is -0.108. The average Bonchev–Trinajstić information content (AvgIpc) is 2.93. The molecule has 1 aliphatic heterocycles. The van der Waals surface area contributed by atoms with E-state index in [2.05, 4.69) is 4.98 Å². The first-order chi connectivity index (χ1) is 13.1. The first-order valence-electron chi connectivity index (χ1n) is 8.65. The van der Waals surface area contributed by atoms with Crippen molar-refractivity contribution in [2.45, 2.75) is 13.5 Å². The second kappa shape index (κ2) is 6.64. The second-order valence-corrected chi connectivity index (χ2v) is 6.35. The summed E-state index contributed by atoms with van der Waals surface area (Å²) in [7, 11) is 0. The molecule has 0 radical (unpaired) electrons. The van der Waals surface area contributed by atoms with Gasteiger partial charge in [0.2, 0.25) is 0 Å². The number of fused-ring (bicyclic) bond motifs is 1. The molecule has 0 aliphatic carbocycles. The van der Waals surface area contributed by atoms with Crippen LogP contribution in [0.5, 0.6) is 0 Å². The van der Waals surface area contributed by atoms with Crippen LogP contribution in [-0.4, -0.2) is 32.8 Å². The molecule has 0 N–H and O–H groups in total. The molecule has 0 saturated carbocycles. The topological polar surface area (TPSA) is 72.3 Å². The number of carbonyl (C=O) groups is 2. The third kappa shape index (κ3) is 2.95. The lowest BCUT2D eigenvalue weighted by atomic mass is 10.1. The van der Waals surface area contributed by atoms with E-state index in [1.54, 1.807) is 31.2 Å². The predicted octanol–water partition coefficient (Wildman–Crippen LogP) is 2.51. The third-order valence-electron chi connectivity index (χ3n) is 4.69. The minimum absolute atomic E-state index is 0.124. The zero-order valence-electron chi connectivity index (χ0n) is 14.8. The smallest absolute Gasteiger partial charge is 0.261 e. The Morgan fingerprint density at radius 1 is 0.815 bits per heavy atom. The number of benzene rings is 2. The highest BCUT2D eigenvalue weighted by atomic mass is 16.2. The van der Waals surface area contributed by atoms with E-state index in [1.807, 2.05) is 30.3 Å². The largest absolute Gasteiger partial charge is 0.295 e. The molecule has 0 unspecified atom stereocenters. The summed E-state index contributed by atoms with van der Waals surface area (Å²) >= 11 is 0. The van der Waals surface area contributed by atoms with Gasteiger partial charge in [-0.25, -0.2) is 4.98 Å². The van der Waals surface area contributed by atoms with Crippen molar-refractivity contribution in [2.75, 3.05) is 6.54 Å². The monoisotopic (exact) mass is 359 g/mol. The number of hydrogen-bond donors (Lipinski definition) is 0. The molecule has 6 nitrogen and oxygen atoms in total. The molecule has 0 fully saturated rings.